The molecule has 0 bridgehead atoms. The quantitative estimate of drug-likeness (QED) is 0.685. The van der Waals surface area contributed by atoms with Crippen LogP contribution in [0.1, 0.15) is 50.5 Å². The van der Waals surface area contributed by atoms with Crippen molar-refractivity contribution in [3.05, 3.63) is 76.7 Å². The Hall–Kier alpha value is -3.67. The van der Waals surface area contributed by atoms with Crippen LogP contribution in [0.3, 0.4) is 0 Å². The number of pyridine rings is 1. The predicted molar refractivity (Wildman–Crippen MR) is 121 cm³/mol. The number of H-pyrrole nitrogens is 1. The summed E-state index contributed by atoms with van der Waals surface area (Å²) in [6, 6.07) is 13.5. The van der Waals surface area contributed by atoms with Gasteiger partial charge in [0.1, 0.15) is 0 Å². The Kier molecular flexibility index (Phi) is 5.12. The minimum absolute atomic E-state index is 0.0235. The smallest absolute Gasteiger partial charge is 0.253 e. The van der Waals surface area contributed by atoms with E-state index >= 15 is 0 Å². The van der Waals surface area contributed by atoms with Crippen LogP contribution in [-0.4, -0.2) is 46.3 Å². The van der Waals surface area contributed by atoms with Gasteiger partial charge < -0.3 is 15.2 Å². The number of hydrogen-bond acceptors (Lipinski definition) is 3. The zero-order chi connectivity index (χ0) is 21.2. The summed E-state index contributed by atoms with van der Waals surface area (Å²) in [5, 5.41) is 2.87. The highest BCUT2D eigenvalue weighted by atomic mass is 16.2. The van der Waals surface area contributed by atoms with Gasteiger partial charge in [-0.3, -0.25) is 14.6 Å². The molecule has 2 aliphatic rings. The molecule has 0 aliphatic carbocycles. The summed E-state index contributed by atoms with van der Waals surface area (Å²) in [6.07, 6.45) is 8.72. The van der Waals surface area contributed by atoms with Crippen LogP contribution in [0, 0.1) is 0 Å². The molecule has 2 N–H and O–H groups in total. The van der Waals surface area contributed by atoms with Gasteiger partial charge in [0.15, 0.2) is 0 Å². The Morgan fingerprint density at radius 3 is 2.61 bits per heavy atom. The average molecular weight is 412 g/mol. The van der Waals surface area contributed by atoms with Crippen LogP contribution in [0.15, 0.2) is 48.7 Å². The molecular formula is C25H24N4O2. The second-order valence-electron chi connectivity index (χ2n) is 8.01. The van der Waals surface area contributed by atoms with Crippen molar-refractivity contribution in [1.29, 1.82) is 0 Å². The molecule has 31 heavy (non-hydrogen) atoms. The van der Waals surface area contributed by atoms with E-state index in [0.717, 1.165) is 71.7 Å². The van der Waals surface area contributed by atoms with Crippen LogP contribution >= 0.6 is 0 Å². The summed E-state index contributed by atoms with van der Waals surface area (Å²) in [4.78, 5) is 34.2. The third kappa shape index (κ3) is 4.01. The maximum Gasteiger partial charge on any atom is 0.253 e. The van der Waals surface area contributed by atoms with Crippen LogP contribution in [-0.2, 0) is 6.42 Å². The van der Waals surface area contributed by atoms with E-state index in [1.165, 1.54) is 0 Å². The van der Waals surface area contributed by atoms with Crippen LogP contribution in [0.4, 0.5) is 0 Å². The molecule has 0 spiro atoms. The van der Waals surface area contributed by atoms with Crippen LogP contribution < -0.4 is 5.32 Å². The van der Waals surface area contributed by atoms with Crippen LogP contribution in [0.5, 0.6) is 0 Å². The molecule has 4 heterocycles. The first-order valence-corrected chi connectivity index (χ1v) is 10.7. The zero-order valence-corrected chi connectivity index (χ0v) is 17.2. The number of likely N-dealkylation sites (tertiary alicyclic amines) is 1. The first-order valence-electron chi connectivity index (χ1n) is 10.7. The van der Waals surface area contributed by atoms with Crippen molar-refractivity contribution in [2.75, 3.05) is 19.6 Å². The fourth-order valence-corrected chi connectivity index (χ4v) is 4.18. The van der Waals surface area contributed by atoms with Gasteiger partial charge in [-0.15, -0.1) is 0 Å². The Balaban J connectivity index is 1.31. The zero-order valence-electron chi connectivity index (χ0n) is 17.2. The summed E-state index contributed by atoms with van der Waals surface area (Å²) < 4.78 is 0. The van der Waals surface area contributed by atoms with E-state index in [2.05, 4.69) is 15.3 Å². The number of benzene rings is 1. The van der Waals surface area contributed by atoms with E-state index in [9.17, 15) is 9.59 Å². The van der Waals surface area contributed by atoms with Crippen molar-refractivity contribution in [3.63, 3.8) is 0 Å². The van der Waals surface area contributed by atoms with Gasteiger partial charge in [0.05, 0.1) is 11.3 Å². The van der Waals surface area contributed by atoms with Gasteiger partial charge in [-0.25, -0.2) is 0 Å². The topological polar surface area (TPSA) is 78.1 Å². The van der Waals surface area contributed by atoms with Crippen molar-refractivity contribution >= 4 is 24.0 Å². The molecule has 0 unspecified atom stereocenters. The van der Waals surface area contributed by atoms with Gasteiger partial charge in [0.2, 0.25) is 0 Å². The summed E-state index contributed by atoms with van der Waals surface area (Å²) in [7, 11) is 0. The Labute approximate surface area is 181 Å². The van der Waals surface area contributed by atoms with Gasteiger partial charge in [-0.2, -0.15) is 0 Å². The SMILES string of the molecule is O=C1NCCc2[nH]c(-c3ccnc(C=Cc4ccc(C(=O)N5CCCC5)cc4)c3)cc21. The van der Waals surface area contributed by atoms with Crippen LogP contribution in [0.25, 0.3) is 23.4 Å². The number of hydrogen-bond donors (Lipinski definition) is 2. The number of carbonyl (C=O) groups is 2. The number of fused-ring (bicyclic) bond motifs is 1. The van der Waals surface area contributed by atoms with Gasteiger partial charge in [0, 0.05) is 54.8 Å². The molecule has 0 saturated carbocycles. The number of amides is 2. The molecule has 156 valence electrons. The molecule has 6 heteroatoms. The molecule has 1 fully saturated rings. The van der Waals surface area contributed by atoms with Crippen molar-refractivity contribution in [3.8, 4) is 11.3 Å². The second kappa shape index (κ2) is 8.22. The van der Waals surface area contributed by atoms with Crippen molar-refractivity contribution < 1.29 is 9.59 Å². The molecule has 2 aromatic heterocycles. The molecular weight excluding hydrogens is 388 g/mol. The van der Waals surface area contributed by atoms with Crippen molar-refractivity contribution in [1.82, 2.24) is 20.2 Å². The van der Waals surface area contributed by atoms with Crippen LogP contribution in [0.2, 0.25) is 0 Å². The molecule has 3 aromatic rings. The number of rotatable bonds is 4. The number of aromatic amines is 1. The third-order valence-electron chi connectivity index (χ3n) is 5.89. The van der Waals surface area contributed by atoms with E-state index in [0.29, 0.717) is 6.54 Å². The van der Waals surface area contributed by atoms with Crippen molar-refractivity contribution in [2.24, 2.45) is 0 Å². The highest BCUT2D eigenvalue weighted by Crippen LogP contribution is 2.24. The van der Waals surface area contributed by atoms with Gasteiger partial charge in [-0.1, -0.05) is 18.2 Å². The highest BCUT2D eigenvalue weighted by molar-refractivity contribution is 5.98. The molecule has 6 nitrogen and oxygen atoms in total. The normalized spacial score (nSPS) is 15.9. The molecule has 2 aliphatic heterocycles. The lowest BCUT2D eigenvalue weighted by Crippen LogP contribution is -2.31. The summed E-state index contributed by atoms with van der Waals surface area (Å²) >= 11 is 0. The summed E-state index contributed by atoms with van der Waals surface area (Å²) in [5.74, 6) is 0.0920. The lowest BCUT2D eigenvalue weighted by atomic mass is 10.1. The number of aromatic nitrogens is 2. The monoisotopic (exact) mass is 412 g/mol. The first-order chi connectivity index (χ1) is 15.2. The van der Waals surface area contributed by atoms with Gasteiger partial charge in [0.25, 0.3) is 11.8 Å². The van der Waals surface area contributed by atoms with E-state index in [1.807, 2.05) is 59.5 Å². The van der Waals surface area contributed by atoms with Gasteiger partial charge >= 0.3 is 0 Å². The fraction of sp³-hybridized carbons (Fsp3) is 0.240. The molecule has 2 amide bonds. The maximum atomic E-state index is 12.5. The minimum atomic E-state index is -0.0235. The molecule has 0 radical (unpaired) electrons. The van der Waals surface area contributed by atoms with E-state index in [-0.39, 0.29) is 11.8 Å². The third-order valence-corrected chi connectivity index (χ3v) is 5.89. The van der Waals surface area contributed by atoms with E-state index < -0.39 is 0 Å². The van der Waals surface area contributed by atoms with Gasteiger partial charge in [-0.05, 0) is 54.8 Å². The Morgan fingerprint density at radius 2 is 1.84 bits per heavy atom. The largest absolute Gasteiger partial charge is 0.358 e. The maximum absolute atomic E-state index is 12.5. The summed E-state index contributed by atoms with van der Waals surface area (Å²) in [6.45, 7) is 2.38. The fourth-order valence-electron chi connectivity index (χ4n) is 4.18. The minimum Gasteiger partial charge on any atom is -0.358 e. The molecule has 1 saturated heterocycles. The van der Waals surface area contributed by atoms with E-state index in [1.54, 1.807) is 6.20 Å². The lowest BCUT2D eigenvalue weighted by Gasteiger charge is -2.15. The van der Waals surface area contributed by atoms with Crippen molar-refractivity contribution in [2.45, 2.75) is 19.3 Å². The standard InChI is InChI=1S/C25H24N4O2/c30-24-21-16-23(28-22(21)10-12-27-24)19-9-11-26-20(15-19)8-5-17-3-6-18(7-4-17)25(31)29-13-1-2-14-29/h3-9,11,15-16,28H,1-2,10,12-14H2,(H,27,30). The summed E-state index contributed by atoms with van der Waals surface area (Å²) in [5.41, 5.74) is 6.19. The first kappa shape index (κ1) is 19.3. The highest BCUT2D eigenvalue weighted by Gasteiger charge is 2.20. The second-order valence-corrected chi connectivity index (χ2v) is 8.01. The average Bonchev–Trinajstić information content (AvgIpc) is 3.49. The van der Waals surface area contributed by atoms with E-state index in [4.69, 9.17) is 0 Å². The predicted octanol–water partition coefficient (Wildman–Crippen LogP) is 3.77. The number of carbonyl (C=O) groups excluding carboxylic acids is 2. The molecule has 5 rings (SSSR count). The number of nitrogens with zero attached hydrogens (tertiary/aromatic N) is 2. The Morgan fingerprint density at radius 1 is 1.03 bits per heavy atom. The molecule has 0 atom stereocenters. The molecule has 1 aromatic carbocycles. The Bertz CT molecular complexity index is 1150. The number of nitrogens with one attached hydrogen (secondary N) is 2. The lowest BCUT2D eigenvalue weighted by molar-refractivity contribution is 0.0792.